The van der Waals surface area contributed by atoms with Crippen molar-refractivity contribution in [3.63, 3.8) is 0 Å². The van der Waals surface area contributed by atoms with Gasteiger partial charge in [-0.2, -0.15) is 0 Å². The van der Waals surface area contributed by atoms with Crippen molar-refractivity contribution in [3.8, 4) is 5.75 Å². The first kappa shape index (κ1) is 32.9. The quantitative estimate of drug-likeness (QED) is 0.118. The van der Waals surface area contributed by atoms with E-state index in [9.17, 15) is 15.0 Å². The maximum Gasteiger partial charge on any atom is 0.258 e. The number of hydrogen-bond acceptors (Lipinski definition) is 6. The molecule has 2 N–H and O–H groups in total. The molecule has 0 saturated heterocycles. The molecule has 1 aliphatic heterocycles. The first-order chi connectivity index (χ1) is 19.7. The minimum absolute atomic E-state index is 0.00505. The fourth-order valence-corrected chi connectivity index (χ4v) is 4.12. The van der Waals surface area contributed by atoms with Gasteiger partial charge in [0.05, 0.1) is 5.69 Å². The van der Waals surface area contributed by atoms with Gasteiger partial charge in [-0.05, 0) is 66.8 Å². The molecule has 0 spiro atoms. The molecule has 1 aliphatic carbocycles. The van der Waals surface area contributed by atoms with Crippen LogP contribution in [0.4, 0.5) is 10.1 Å². The van der Waals surface area contributed by atoms with Crippen LogP contribution in [0.5, 0.6) is 5.75 Å². The number of phenolic OH excluding ortho intramolecular Hbond substituents is 1. The normalized spacial score (nSPS) is 16.1. The van der Waals surface area contributed by atoms with Crippen LogP contribution < -0.4 is 0 Å². The highest BCUT2D eigenvalue weighted by Gasteiger charge is 2.26. The standard InChI is InChI=1S/C31H34FN3O4.C2H6/c1-6-22(20(2)31(38)35(5)30(33-4)29(37)23-11-9-7-8-10-12-23)19-27(32)21(3)39-26-15-16-34-28-14-13-25(36)17-24(28)18-26;1-2/h7-11,13-17,19,29,36-37H,2,6,12,18H2,1,3-5H3;1-2H3/b22-19+,27-21-,33-30?;. The summed E-state index contributed by atoms with van der Waals surface area (Å²) in [6.07, 6.45) is 13.8. The molecule has 218 valence electrons. The molecule has 0 saturated carbocycles. The van der Waals surface area contributed by atoms with Crippen molar-refractivity contribution in [2.24, 2.45) is 9.98 Å². The van der Waals surface area contributed by atoms with Crippen molar-refractivity contribution in [1.29, 1.82) is 0 Å². The van der Waals surface area contributed by atoms with Gasteiger partial charge in [-0.3, -0.25) is 19.7 Å². The molecule has 3 rings (SSSR count). The summed E-state index contributed by atoms with van der Waals surface area (Å²) in [7, 11) is 3.01. The molecule has 0 radical (unpaired) electrons. The van der Waals surface area contributed by atoms with E-state index in [1.165, 1.54) is 32.0 Å². The lowest BCUT2D eigenvalue weighted by Crippen LogP contribution is -2.42. The SMILES string of the molecule is C=C(C(=O)N(C)C(=NC)C(O)C1=CC=CC=CC1)/C(=C/C(F)=C(\C)OC1=CC=Nc2ccc(O)cc2C1)CC.CC. The molecule has 0 bridgehead atoms. The molecule has 1 unspecified atom stereocenters. The molecule has 1 amide bonds. The van der Waals surface area contributed by atoms with Crippen molar-refractivity contribution >= 4 is 23.6 Å². The van der Waals surface area contributed by atoms with Gasteiger partial charge in [0.25, 0.3) is 5.91 Å². The topological polar surface area (TPSA) is 94.7 Å². The summed E-state index contributed by atoms with van der Waals surface area (Å²) in [5, 5.41) is 20.7. The Labute approximate surface area is 242 Å². The van der Waals surface area contributed by atoms with E-state index in [0.29, 0.717) is 41.9 Å². The third-order valence-electron chi connectivity index (χ3n) is 6.35. The van der Waals surface area contributed by atoms with Gasteiger partial charge in [-0.1, -0.05) is 57.7 Å². The number of amidine groups is 1. The Morgan fingerprint density at radius 1 is 1.27 bits per heavy atom. The first-order valence-corrected chi connectivity index (χ1v) is 13.6. The highest BCUT2D eigenvalue weighted by atomic mass is 19.1. The second kappa shape index (κ2) is 16.1. The number of aromatic hydroxyl groups is 1. The van der Waals surface area contributed by atoms with E-state index in [1.54, 1.807) is 43.5 Å². The number of fused-ring (bicyclic) bond motifs is 1. The van der Waals surface area contributed by atoms with E-state index in [1.807, 2.05) is 38.2 Å². The lowest BCUT2D eigenvalue weighted by atomic mass is 10.0. The zero-order chi connectivity index (χ0) is 30.5. The molecule has 1 atom stereocenters. The Balaban J connectivity index is 0.00000287. The predicted octanol–water partition coefficient (Wildman–Crippen LogP) is 6.96. The third kappa shape index (κ3) is 8.85. The Bertz CT molecular complexity index is 1380. The summed E-state index contributed by atoms with van der Waals surface area (Å²) in [5.41, 5.74) is 2.59. The van der Waals surface area contributed by atoms with Crippen molar-refractivity contribution < 1.29 is 24.1 Å². The zero-order valence-electron chi connectivity index (χ0n) is 24.7. The number of likely N-dealkylation sites (N-methyl/N-ethyl adjacent to an activating group) is 1. The zero-order valence-corrected chi connectivity index (χ0v) is 24.7. The van der Waals surface area contributed by atoms with Crippen LogP contribution >= 0.6 is 0 Å². The minimum Gasteiger partial charge on any atom is -0.508 e. The fourth-order valence-electron chi connectivity index (χ4n) is 4.12. The Morgan fingerprint density at radius 2 is 2.00 bits per heavy atom. The van der Waals surface area contributed by atoms with Crippen LogP contribution in [0.25, 0.3) is 0 Å². The van der Waals surface area contributed by atoms with Crippen molar-refractivity contribution in [2.45, 2.75) is 53.1 Å². The van der Waals surface area contributed by atoms with Crippen molar-refractivity contribution in [2.75, 3.05) is 14.1 Å². The molecule has 1 heterocycles. The number of rotatable bonds is 8. The first-order valence-electron chi connectivity index (χ1n) is 13.6. The van der Waals surface area contributed by atoms with E-state index in [2.05, 4.69) is 16.6 Å². The third-order valence-corrected chi connectivity index (χ3v) is 6.35. The van der Waals surface area contributed by atoms with Crippen LogP contribution in [0.15, 0.2) is 111 Å². The second-order valence-corrected chi connectivity index (χ2v) is 9.02. The van der Waals surface area contributed by atoms with E-state index in [0.717, 1.165) is 5.56 Å². The smallest absolute Gasteiger partial charge is 0.258 e. The number of carbonyl (C=O) groups is 1. The summed E-state index contributed by atoms with van der Waals surface area (Å²) < 4.78 is 21.0. The van der Waals surface area contributed by atoms with Crippen LogP contribution in [0, 0.1) is 0 Å². The number of benzene rings is 1. The Morgan fingerprint density at radius 3 is 2.68 bits per heavy atom. The van der Waals surface area contributed by atoms with Crippen LogP contribution in [0.2, 0.25) is 0 Å². The van der Waals surface area contributed by atoms with Crippen LogP contribution in [-0.4, -0.2) is 53.3 Å². The van der Waals surface area contributed by atoms with Gasteiger partial charge in [0, 0.05) is 32.3 Å². The largest absolute Gasteiger partial charge is 0.508 e. The van der Waals surface area contributed by atoms with Crippen molar-refractivity contribution in [1.82, 2.24) is 4.90 Å². The lowest BCUT2D eigenvalue weighted by molar-refractivity contribution is -0.122. The summed E-state index contributed by atoms with van der Waals surface area (Å²) in [6, 6.07) is 4.84. The van der Waals surface area contributed by atoms with Gasteiger partial charge in [0.15, 0.2) is 5.83 Å². The number of ether oxygens (including phenoxy) is 1. The number of aliphatic imine (C=N–C) groups is 2. The second-order valence-electron chi connectivity index (χ2n) is 9.02. The fraction of sp³-hybridized carbons (Fsp3) is 0.303. The van der Waals surface area contributed by atoms with Gasteiger partial charge in [-0.25, -0.2) is 4.39 Å². The summed E-state index contributed by atoms with van der Waals surface area (Å²) in [6.45, 7) is 11.2. The number of aliphatic hydroxyl groups excluding tert-OH is 1. The molecule has 41 heavy (non-hydrogen) atoms. The molecular weight excluding hydrogens is 521 g/mol. The van der Waals surface area contributed by atoms with Gasteiger partial charge in [0.1, 0.15) is 29.2 Å². The molecule has 1 aromatic rings. The van der Waals surface area contributed by atoms with Gasteiger partial charge in [0.2, 0.25) is 0 Å². The molecule has 8 heteroatoms. The number of allylic oxidation sites excluding steroid dienone is 10. The van der Waals surface area contributed by atoms with Crippen LogP contribution in [0.3, 0.4) is 0 Å². The maximum absolute atomic E-state index is 15.2. The molecule has 1 aromatic carbocycles. The predicted molar refractivity (Wildman–Crippen MR) is 165 cm³/mol. The number of carbonyl (C=O) groups excluding carboxylic acids is 1. The highest BCUT2D eigenvalue weighted by Crippen LogP contribution is 2.29. The number of nitrogens with zero attached hydrogens (tertiary/aromatic N) is 3. The van der Waals surface area contributed by atoms with E-state index in [4.69, 9.17) is 4.74 Å². The average molecular weight is 562 g/mol. The number of phenols is 1. The highest BCUT2D eigenvalue weighted by molar-refractivity contribution is 6.09. The summed E-state index contributed by atoms with van der Waals surface area (Å²) in [5.74, 6) is -0.439. The number of hydrogen-bond donors (Lipinski definition) is 2. The van der Waals surface area contributed by atoms with E-state index >= 15 is 4.39 Å². The maximum atomic E-state index is 15.2. The monoisotopic (exact) mass is 561 g/mol. The molecule has 0 fully saturated rings. The summed E-state index contributed by atoms with van der Waals surface area (Å²) in [4.78, 5) is 23.0. The average Bonchev–Trinajstić information content (AvgIpc) is 3.37. The van der Waals surface area contributed by atoms with E-state index < -0.39 is 17.8 Å². The molecule has 7 nitrogen and oxygen atoms in total. The number of aliphatic hydroxyl groups is 1. The molecular formula is C33H40FN3O4. The number of amides is 1. The number of halogens is 1. The summed E-state index contributed by atoms with van der Waals surface area (Å²) >= 11 is 0. The van der Waals surface area contributed by atoms with Crippen LogP contribution in [0.1, 0.15) is 46.1 Å². The minimum atomic E-state index is -1.09. The Hall–Kier alpha value is -4.30. The van der Waals surface area contributed by atoms with Gasteiger partial charge >= 0.3 is 0 Å². The van der Waals surface area contributed by atoms with Gasteiger partial charge in [-0.15, -0.1) is 0 Å². The Kier molecular flexibility index (Phi) is 12.9. The van der Waals surface area contributed by atoms with Crippen LogP contribution in [-0.2, 0) is 16.0 Å². The van der Waals surface area contributed by atoms with E-state index in [-0.39, 0.29) is 22.9 Å². The lowest BCUT2D eigenvalue weighted by Gasteiger charge is -2.25. The van der Waals surface area contributed by atoms with Gasteiger partial charge < -0.3 is 14.9 Å². The van der Waals surface area contributed by atoms with Crippen molar-refractivity contribution in [3.05, 3.63) is 107 Å². The molecule has 2 aliphatic rings. The molecule has 0 aromatic heterocycles.